The van der Waals surface area contributed by atoms with E-state index in [0.717, 1.165) is 39.9 Å². The maximum atomic E-state index is 6.50. The number of anilines is 2. The average Bonchev–Trinajstić information content (AvgIpc) is 2.62. The predicted octanol–water partition coefficient (Wildman–Crippen LogP) is 5.05. The van der Waals surface area contributed by atoms with Crippen LogP contribution < -0.4 is 10.0 Å². The van der Waals surface area contributed by atoms with Crippen LogP contribution in [-0.2, 0) is 4.74 Å². The Morgan fingerprint density at radius 2 is 2.17 bits per heavy atom. The molecule has 3 aromatic rings. The molecule has 0 saturated carbocycles. The summed E-state index contributed by atoms with van der Waals surface area (Å²) in [6.45, 7) is 1.44. The first-order valence-electron chi connectivity index (χ1n) is 7.65. The zero-order valence-electron chi connectivity index (χ0n) is 13.1. The van der Waals surface area contributed by atoms with Gasteiger partial charge in [0.05, 0.1) is 22.8 Å². The molecule has 1 aliphatic rings. The van der Waals surface area contributed by atoms with Gasteiger partial charge in [-0.05, 0) is 48.3 Å². The lowest BCUT2D eigenvalue weighted by Crippen LogP contribution is -2.08. The number of hydrogen-bond acceptors (Lipinski definition) is 5. The molecule has 2 heterocycles. The van der Waals surface area contributed by atoms with Gasteiger partial charge in [0.25, 0.3) is 0 Å². The summed E-state index contributed by atoms with van der Waals surface area (Å²) in [6.07, 6.45) is 1.80. The van der Waals surface area contributed by atoms with E-state index >= 15 is 0 Å². The minimum absolute atomic E-state index is 0.671. The second-order valence-corrected chi connectivity index (χ2v) is 6.77. The fraction of sp³-hybridized carbons (Fsp3) is 0.167. The number of nitrogens with zero attached hydrogens (tertiary/aromatic N) is 1. The lowest BCUT2D eigenvalue weighted by molar-refractivity contribution is 0.211. The highest BCUT2D eigenvalue weighted by Gasteiger charge is 2.21. The smallest absolute Gasteiger partial charge is 0.0963 e. The van der Waals surface area contributed by atoms with Gasteiger partial charge in [-0.25, -0.2) is 0 Å². The number of benzene rings is 2. The Labute approximate surface area is 149 Å². The van der Waals surface area contributed by atoms with Gasteiger partial charge in [0, 0.05) is 46.9 Å². The number of ether oxygens (including phenoxy) is 1. The van der Waals surface area contributed by atoms with Crippen LogP contribution in [0, 0.1) is 0 Å². The maximum Gasteiger partial charge on any atom is 0.0963 e. The minimum atomic E-state index is 0.671. The Balaban J connectivity index is 1.83. The van der Waals surface area contributed by atoms with Gasteiger partial charge in [-0.2, -0.15) is 0 Å². The number of fused-ring (bicyclic) bond motifs is 5. The molecule has 0 fully saturated rings. The van der Waals surface area contributed by atoms with Crippen molar-refractivity contribution in [1.29, 1.82) is 0 Å². The number of nitrogens with one attached hydrogen (secondary N) is 2. The number of rotatable bonds is 4. The normalized spacial score (nSPS) is 12.4. The van der Waals surface area contributed by atoms with Crippen molar-refractivity contribution >= 4 is 45.8 Å². The Kier molecular flexibility index (Phi) is 4.22. The average molecular weight is 358 g/mol. The molecule has 1 aromatic heterocycles. The topological polar surface area (TPSA) is 46.2 Å². The quantitative estimate of drug-likeness (QED) is 0.505. The van der Waals surface area contributed by atoms with Gasteiger partial charge in [-0.1, -0.05) is 11.6 Å². The van der Waals surface area contributed by atoms with E-state index in [4.69, 9.17) is 16.3 Å². The van der Waals surface area contributed by atoms with Crippen molar-refractivity contribution in [3.63, 3.8) is 0 Å². The zero-order chi connectivity index (χ0) is 16.5. The Bertz CT molecular complexity index is 916. The van der Waals surface area contributed by atoms with E-state index in [9.17, 15) is 0 Å². The lowest BCUT2D eigenvalue weighted by atomic mass is 10.00. The Morgan fingerprint density at radius 1 is 1.25 bits per heavy atom. The minimum Gasteiger partial charge on any atom is -0.383 e. The van der Waals surface area contributed by atoms with E-state index in [1.165, 1.54) is 4.90 Å². The second-order valence-electron chi connectivity index (χ2n) is 5.52. The highest BCUT2D eigenvalue weighted by Crippen LogP contribution is 2.47. The molecular weight excluding hydrogens is 342 g/mol. The second kappa shape index (κ2) is 6.51. The Hall–Kier alpha value is -1.95. The summed E-state index contributed by atoms with van der Waals surface area (Å²) in [7, 11) is 1.70. The molecule has 0 amide bonds. The fourth-order valence-corrected chi connectivity index (χ4v) is 3.96. The number of halogens is 1. The van der Waals surface area contributed by atoms with Crippen LogP contribution in [-0.4, -0.2) is 25.2 Å². The first-order valence-corrected chi connectivity index (χ1v) is 8.84. The summed E-state index contributed by atoms with van der Waals surface area (Å²) < 4.78 is 8.51. The highest BCUT2D eigenvalue weighted by molar-refractivity contribution is 8.00. The lowest BCUT2D eigenvalue weighted by Gasteiger charge is -2.23. The molecule has 2 aromatic carbocycles. The summed E-state index contributed by atoms with van der Waals surface area (Å²) in [5.41, 5.74) is 5.22. The Morgan fingerprint density at radius 3 is 3.04 bits per heavy atom. The molecule has 4 rings (SSSR count). The molecule has 0 bridgehead atoms. The molecule has 0 unspecified atom stereocenters. The molecule has 0 atom stereocenters. The van der Waals surface area contributed by atoms with Crippen LogP contribution in [0.4, 0.5) is 11.4 Å². The summed E-state index contributed by atoms with van der Waals surface area (Å²) in [4.78, 5) is 5.69. The highest BCUT2D eigenvalue weighted by atomic mass is 35.5. The van der Waals surface area contributed by atoms with Gasteiger partial charge >= 0.3 is 0 Å². The van der Waals surface area contributed by atoms with Gasteiger partial charge in [0.2, 0.25) is 0 Å². The number of hydrogen-bond donors (Lipinski definition) is 2. The van der Waals surface area contributed by atoms with Crippen molar-refractivity contribution in [3.8, 4) is 11.1 Å². The third-order valence-corrected chi connectivity index (χ3v) is 5.21. The van der Waals surface area contributed by atoms with Crippen LogP contribution in [0.25, 0.3) is 22.0 Å². The molecule has 122 valence electrons. The fourth-order valence-electron chi connectivity index (χ4n) is 2.86. The molecule has 24 heavy (non-hydrogen) atoms. The molecule has 0 spiro atoms. The van der Waals surface area contributed by atoms with E-state index in [2.05, 4.69) is 33.2 Å². The first kappa shape index (κ1) is 15.6. The van der Waals surface area contributed by atoms with E-state index in [-0.39, 0.29) is 0 Å². The molecule has 1 aliphatic heterocycles. The van der Waals surface area contributed by atoms with Gasteiger partial charge in [0.1, 0.15) is 0 Å². The summed E-state index contributed by atoms with van der Waals surface area (Å²) in [5, 5.41) is 5.05. The van der Waals surface area contributed by atoms with E-state index in [1.54, 1.807) is 25.3 Å². The van der Waals surface area contributed by atoms with E-state index in [1.807, 2.05) is 18.2 Å². The number of pyridine rings is 1. The largest absolute Gasteiger partial charge is 0.383 e. The van der Waals surface area contributed by atoms with Crippen molar-refractivity contribution in [2.45, 2.75) is 4.90 Å². The SMILES string of the molecule is COCCNc1ccc2c(c1)-c1cc(Cl)c3cccnc3c1NS2. The van der Waals surface area contributed by atoms with Crippen LogP contribution in [0.3, 0.4) is 0 Å². The van der Waals surface area contributed by atoms with Crippen LogP contribution in [0.5, 0.6) is 0 Å². The van der Waals surface area contributed by atoms with Crippen molar-refractivity contribution in [2.75, 3.05) is 30.3 Å². The van der Waals surface area contributed by atoms with E-state index < -0.39 is 0 Å². The monoisotopic (exact) mass is 357 g/mol. The van der Waals surface area contributed by atoms with Gasteiger partial charge in [-0.3, -0.25) is 4.98 Å². The predicted molar refractivity (Wildman–Crippen MR) is 102 cm³/mol. The molecule has 4 nitrogen and oxygen atoms in total. The molecule has 6 heteroatoms. The molecule has 0 radical (unpaired) electrons. The summed E-state index contributed by atoms with van der Waals surface area (Å²) in [5.74, 6) is 0. The van der Waals surface area contributed by atoms with Crippen molar-refractivity contribution < 1.29 is 4.74 Å². The van der Waals surface area contributed by atoms with Crippen molar-refractivity contribution in [1.82, 2.24) is 4.98 Å². The standard InChI is InChI=1S/C18H16ClN3OS/c1-23-8-7-20-11-4-5-16-13(9-11)14-10-15(19)12-3-2-6-21-17(12)18(14)22-24-16/h2-6,9-10,20,22H,7-8H2,1H3. The van der Waals surface area contributed by atoms with Crippen LogP contribution in [0.1, 0.15) is 0 Å². The van der Waals surface area contributed by atoms with Crippen LogP contribution in [0.2, 0.25) is 5.02 Å². The van der Waals surface area contributed by atoms with Gasteiger partial charge < -0.3 is 14.8 Å². The number of methoxy groups -OCH3 is 1. The van der Waals surface area contributed by atoms with Crippen LogP contribution in [0.15, 0.2) is 47.5 Å². The molecule has 0 saturated heterocycles. The van der Waals surface area contributed by atoms with Crippen molar-refractivity contribution in [3.05, 3.63) is 47.6 Å². The third-order valence-electron chi connectivity index (χ3n) is 4.01. The summed E-state index contributed by atoms with van der Waals surface area (Å²) in [6, 6.07) is 12.3. The van der Waals surface area contributed by atoms with Crippen LogP contribution >= 0.6 is 23.5 Å². The van der Waals surface area contributed by atoms with E-state index in [0.29, 0.717) is 11.6 Å². The molecule has 0 aliphatic carbocycles. The number of aromatic nitrogens is 1. The zero-order valence-corrected chi connectivity index (χ0v) is 14.7. The summed E-state index contributed by atoms with van der Waals surface area (Å²) >= 11 is 8.10. The molecule has 2 N–H and O–H groups in total. The van der Waals surface area contributed by atoms with Crippen molar-refractivity contribution in [2.24, 2.45) is 0 Å². The maximum absolute atomic E-state index is 6.50. The first-order chi connectivity index (χ1) is 11.8. The van der Waals surface area contributed by atoms with Gasteiger partial charge in [-0.15, -0.1) is 0 Å². The van der Waals surface area contributed by atoms with Gasteiger partial charge in [0.15, 0.2) is 0 Å². The third kappa shape index (κ3) is 2.69. The molecular formula is C18H16ClN3OS.